The van der Waals surface area contributed by atoms with Gasteiger partial charge < -0.3 is 15.5 Å². The molecule has 0 atom stereocenters. The molecule has 1 aromatic rings. The standard InChI is InChI=1S/C13H23N5.ClH/c1-4-17-5-7-18(8-6-17)13-15-10(2)12(9-14)11(3)16-13;/h4-9,14H2,1-3H3;1H. The summed E-state index contributed by atoms with van der Waals surface area (Å²) >= 11 is 0. The van der Waals surface area contributed by atoms with Gasteiger partial charge in [-0.3, -0.25) is 0 Å². The van der Waals surface area contributed by atoms with Crippen molar-refractivity contribution >= 4 is 18.4 Å². The quantitative estimate of drug-likeness (QED) is 0.902. The Morgan fingerprint density at radius 2 is 1.58 bits per heavy atom. The van der Waals surface area contributed by atoms with E-state index in [9.17, 15) is 0 Å². The number of nitrogens with two attached hydrogens (primary N) is 1. The van der Waals surface area contributed by atoms with Gasteiger partial charge in [-0.2, -0.15) is 0 Å². The molecule has 0 aliphatic carbocycles. The van der Waals surface area contributed by atoms with Crippen molar-refractivity contribution in [3.05, 3.63) is 17.0 Å². The van der Waals surface area contributed by atoms with E-state index in [1.807, 2.05) is 13.8 Å². The number of aromatic nitrogens is 2. The van der Waals surface area contributed by atoms with E-state index < -0.39 is 0 Å². The SMILES string of the molecule is CCN1CCN(c2nc(C)c(CN)c(C)n2)CC1.Cl. The Balaban J connectivity index is 0.00000180. The highest BCUT2D eigenvalue weighted by atomic mass is 35.5. The zero-order chi connectivity index (χ0) is 13.1. The molecule has 1 aliphatic heterocycles. The number of hydrogen-bond acceptors (Lipinski definition) is 5. The Hall–Kier alpha value is -0.910. The molecular formula is C13H24ClN5. The van der Waals surface area contributed by atoms with Crippen LogP contribution in [0.5, 0.6) is 0 Å². The molecule has 19 heavy (non-hydrogen) atoms. The summed E-state index contributed by atoms with van der Waals surface area (Å²) in [6.07, 6.45) is 0. The molecule has 0 unspecified atom stereocenters. The highest BCUT2D eigenvalue weighted by Crippen LogP contribution is 2.16. The van der Waals surface area contributed by atoms with Gasteiger partial charge in [-0.15, -0.1) is 12.4 Å². The Bertz CT molecular complexity index is 392. The first-order valence-corrected chi connectivity index (χ1v) is 6.67. The van der Waals surface area contributed by atoms with E-state index in [2.05, 4.69) is 26.7 Å². The van der Waals surface area contributed by atoms with Gasteiger partial charge in [0.15, 0.2) is 0 Å². The Labute approximate surface area is 121 Å². The van der Waals surface area contributed by atoms with Crippen molar-refractivity contribution in [2.75, 3.05) is 37.6 Å². The molecule has 1 aromatic heterocycles. The second-order valence-corrected chi connectivity index (χ2v) is 4.80. The van der Waals surface area contributed by atoms with Gasteiger partial charge in [-0.05, 0) is 20.4 Å². The van der Waals surface area contributed by atoms with Crippen LogP contribution in [0.3, 0.4) is 0 Å². The summed E-state index contributed by atoms with van der Waals surface area (Å²) in [4.78, 5) is 13.9. The van der Waals surface area contributed by atoms with Crippen LogP contribution in [-0.2, 0) is 6.54 Å². The lowest BCUT2D eigenvalue weighted by Gasteiger charge is -2.34. The van der Waals surface area contributed by atoms with E-state index in [1.54, 1.807) is 0 Å². The van der Waals surface area contributed by atoms with Crippen LogP contribution in [0, 0.1) is 13.8 Å². The second kappa shape index (κ2) is 7.03. The highest BCUT2D eigenvalue weighted by Gasteiger charge is 2.19. The summed E-state index contributed by atoms with van der Waals surface area (Å²) in [5.74, 6) is 0.859. The van der Waals surface area contributed by atoms with E-state index >= 15 is 0 Å². The molecule has 1 aliphatic rings. The zero-order valence-corrected chi connectivity index (χ0v) is 12.8. The van der Waals surface area contributed by atoms with Gasteiger partial charge in [0.1, 0.15) is 0 Å². The fourth-order valence-electron chi connectivity index (χ4n) is 2.42. The van der Waals surface area contributed by atoms with Crippen molar-refractivity contribution in [3.8, 4) is 0 Å². The van der Waals surface area contributed by atoms with Gasteiger partial charge in [0.05, 0.1) is 0 Å². The van der Waals surface area contributed by atoms with Gasteiger partial charge in [0.25, 0.3) is 0 Å². The van der Waals surface area contributed by atoms with Crippen molar-refractivity contribution in [3.63, 3.8) is 0 Å². The topological polar surface area (TPSA) is 58.3 Å². The van der Waals surface area contributed by atoms with E-state index in [1.165, 1.54) is 0 Å². The fourth-order valence-corrected chi connectivity index (χ4v) is 2.42. The summed E-state index contributed by atoms with van der Waals surface area (Å²) in [7, 11) is 0. The van der Waals surface area contributed by atoms with Crippen LogP contribution < -0.4 is 10.6 Å². The monoisotopic (exact) mass is 285 g/mol. The fraction of sp³-hybridized carbons (Fsp3) is 0.692. The van der Waals surface area contributed by atoms with Gasteiger partial charge in [-0.1, -0.05) is 6.92 Å². The minimum absolute atomic E-state index is 0. The minimum atomic E-state index is 0. The smallest absolute Gasteiger partial charge is 0.225 e. The van der Waals surface area contributed by atoms with Crippen LogP contribution in [0.25, 0.3) is 0 Å². The van der Waals surface area contributed by atoms with Gasteiger partial charge in [-0.25, -0.2) is 9.97 Å². The van der Waals surface area contributed by atoms with E-state index in [4.69, 9.17) is 5.73 Å². The first kappa shape index (κ1) is 16.1. The largest absolute Gasteiger partial charge is 0.338 e. The molecule has 0 saturated carbocycles. The second-order valence-electron chi connectivity index (χ2n) is 4.80. The molecule has 6 heteroatoms. The lowest BCUT2D eigenvalue weighted by molar-refractivity contribution is 0.270. The summed E-state index contributed by atoms with van der Waals surface area (Å²) in [5.41, 5.74) is 8.81. The highest BCUT2D eigenvalue weighted by molar-refractivity contribution is 5.85. The Kier molecular flexibility index (Phi) is 5.97. The number of hydrogen-bond donors (Lipinski definition) is 1. The molecular weight excluding hydrogens is 262 g/mol. The molecule has 1 saturated heterocycles. The van der Waals surface area contributed by atoms with Crippen LogP contribution in [0.1, 0.15) is 23.9 Å². The van der Waals surface area contributed by atoms with Gasteiger partial charge >= 0.3 is 0 Å². The van der Waals surface area contributed by atoms with Crippen LogP contribution in [0.4, 0.5) is 5.95 Å². The number of anilines is 1. The molecule has 0 amide bonds. The molecule has 2 heterocycles. The molecule has 2 N–H and O–H groups in total. The van der Waals surface area contributed by atoms with Crippen molar-refractivity contribution < 1.29 is 0 Å². The molecule has 0 spiro atoms. The Morgan fingerprint density at radius 3 is 2.00 bits per heavy atom. The molecule has 0 bridgehead atoms. The number of nitrogens with zero attached hydrogens (tertiary/aromatic N) is 4. The van der Waals surface area contributed by atoms with Gasteiger partial charge in [0.2, 0.25) is 5.95 Å². The normalized spacial score (nSPS) is 16.3. The van der Waals surface area contributed by atoms with Crippen LogP contribution in [-0.4, -0.2) is 47.6 Å². The zero-order valence-electron chi connectivity index (χ0n) is 12.0. The summed E-state index contributed by atoms with van der Waals surface area (Å²) in [6, 6.07) is 0. The van der Waals surface area contributed by atoms with Crippen LogP contribution >= 0.6 is 12.4 Å². The molecule has 1 fully saturated rings. The van der Waals surface area contributed by atoms with Gasteiger partial charge in [0, 0.05) is 49.7 Å². The molecule has 5 nitrogen and oxygen atoms in total. The minimum Gasteiger partial charge on any atom is -0.338 e. The summed E-state index contributed by atoms with van der Waals surface area (Å²) in [5, 5.41) is 0. The van der Waals surface area contributed by atoms with Crippen molar-refractivity contribution in [2.24, 2.45) is 5.73 Å². The average molecular weight is 286 g/mol. The molecule has 0 radical (unpaired) electrons. The third-order valence-corrected chi connectivity index (χ3v) is 3.72. The summed E-state index contributed by atoms with van der Waals surface area (Å²) in [6.45, 7) is 12.1. The van der Waals surface area contributed by atoms with Crippen molar-refractivity contribution in [1.29, 1.82) is 0 Å². The number of likely N-dealkylation sites (N-methyl/N-ethyl adjacent to an activating group) is 1. The first-order chi connectivity index (χ1) is 8.65. The predicted molar refractivity (Wildman–Crippen MR) is 81.0 cm³/mol. The third kappa shape index (κ3) is 3.55. The number of halogens is 1. The van der Waals surface area contributed by atoms with E-state index in [0.717, 1.165) is 55.6 Å². The Morgan fingerprint density at radius 1 is 1.05 bits per heavy atom. The van der Waals surface area contributed by atoms with E-state index in [-0.39, 0.29) is 12.4 Å². The van der Waals surface area contributed by atoms with Crippen molar-refractivity contribution in [2.45, 2.75) is 27.3 Å². The number of aryl methyl sites for hydroxylation is 2. The lowest BCUT2D eigenvalue weighted by Crippen LogP contribution is -2.46. The number of piperazine rings is 1. The average Bonchev–Trinajstić information content (AvgIpc) is 2.38. The lowest BCUT2D eigenvalue weighted by atomic mass is 10.2. The van der Waals surface area contributed by atoms with E-state index in [0.29, 0.717) is 6.54 Å². The molecule has 0 aromatic carbocycles. The summed E-state index contributed by atoms with van der Waals surface area (Å²) < 4.78 is 0. The third-order valence-electron chi connectivity index (χ3n) is 3.72. The maximum atomic E-state index is 5.72. The van der Waals surface area contributed by atoms with Crippen LogP contribution in [0.2, 0.25) is 0 Å². The first-order valence-electron chi connectivity index (χ1n) is 6.67. The van der Waals surface area contributed by atoms with Crippen molar-refractivity contribution in [1.82, 2.24) is 14.9 Å². The molecule has 2 rings (SSSR count). The maximum absolute atomic E-state index is 5.72. The maximum Gasteiger partial charge on any atom is 0.225 e. The molecule has 108 valence electrons. The number of rotatable bonds is 3. The van der Waals surface area contributed by atoms with Crippen LogP contribution in [0.15, 0.2) is 0 Å². The predicted octanol–water partition coefficient (Wildman–Crippen LogP) is 1.12.